The van der Waals surface area contributed by atoms with Crippen LogP contribution in [0.5, 0.6) is 0 Å². The third-order valence-corrected chi connectivity index (χ3v) is 2.97. The second-order valence-corrected chi connectivity index (χ2v) is 4.38. The van der Waals surface area contributed by atoms with E-state index < -0.39 is 5.97 Å². The molecule has 1 N–H and O–H groups in total. The van der Waals surface area contributed by atoms with Gasteiger partial charge in [0.2, 0.25) is 0 Å². The van der Waals surface area contributed by atoms with Crippen molar-refractivity contribution in [3.8, 4) is 0 Å². The predicted octanol–water partition coefficient (Wildman–Crippen LogP) is 2.69. The van der Waals surface area contributed by atoms with E-state index in [1.54, 1.807) is 6.07 Å². The van der Waals surface area contributed by atoms with E-state index >= 15 is 0 Å². The van der Waals surface area contributed by atoms with E-state index in [0.717, 1.165) is 16.8 Å². The van der Waals surface area contributed by atoms with E-state index in [1.807, 2.05) is 26.0 Å². The van der Waals surface area contributed by atoms with E-state index in [1.165, 1.54) is 18.6 Å². The molecule has 0 unspecified atom stereocenters. The van der Waals surface area contributed by atoms with Gasteiger partial charge in [0, 0.05) is 5.69 Å². The first-order valence-corrected chi connectivity index (χ1v) is 6.13. The minimum absolute atomic E-state index is 0.282. The van der Waals surface area contributed by atoms with Gasteiger partial charge in [0.25, 0.3) is 5.91 Å². The summed E-state index contributed by atoms with van der Waals surface area (Å²) in [5.41, 5.74) is 3.07. The Balaban J connectivity index is 1.90. The van der Waals surface area contributed by atoms with Crippen LogP contribution >= 0.6 is 0 Å². The molecule has 0 saturated heterocycles. The monoisotopic (exact) mass is 273 g/mol. The van der Waals surface area contributed by atoms with Gasteiger partial charge in [-0.15, -0.1) is 0 Å². The molecule has 20 heavy (non-hydrogen) atoms. The molecule has 0 radical (unpaired) electrons. The highest BCUT2D eigenvalue weighted by molar-refractivity contribution is 5.95. The van der Waals surface area contributed by atoms with E-state index in [-0.39, 0.29) is 18.1 Å². The van der Waals surface area contributed by atoms with Gasteiger partial charge in [-0.05, 0) is 37.1 Å². The first kappa shape index (κ1) is 13.9. The Morgan fingerprint density at radius 3 is 2.75 bits per heavy atom. The van der Waals surface area contributed by atoms with Gasteiger partial charge in [-0.3, -0.25) is 4.79 Å². The number of carbonyl (C=O) groups excluding carboxylic acids is 2. The standard InChI is InChI=1S/C15H15NO4/c1-10-4-3-5-13(11(10)2)16-14(17)9-20-15(18)12-6-7-19-8-12/h3-8H,9H2,1-2H3,(H,16,17). The number of benzene rings is 1. The number of hydrogen-bond acceptors (Lipinski definition) is 4. The van der Waals surface area contributed by atoms with Crippen LogP contribution in [0.2, 0.25) is 0 Å². The normalized spacial score (nSPS) is 10.1. The number of ether oxygens (including phenoxy) is 1. The second kappa shape index (κ2) is 6.06. The number of amides is 1. The van der Waals surface area contributed by atoms with Crippen molar-refractivity contribution in [3.05, 3.63) is 53.5 Å². The van der Waals surface area contributed by atoms with Crippen LogP contribution in [0.1, 0.15) is 21.5 Å². The van der Waals surface area contributed by atoms with Crippen molar-refractivity contribution >= 4 is 17.6 Å². The molecule has 5 heteroatoms. The van der Waals surface area contributed by atoms with Crippen LogP contribution in [0, 0.1) is 13.8 Å². The van der Waals surface area contributed by atoms with Crippen LogP contribution in [-0.4, -0.2) is 18.5 Å². The molecule has 0 aliphatic carbocycles. The highest BCUT2D eigenvalue weighted by Gasteiger charge is 2.12. The molecular weight excluding hydrogens is 258 g/mol. The van der Waals surface area contributed by atoms with E-state index in [2.05, 4.69) is 5.32 Å². The Labute approximate surface area is 116 Å². The topological polar surface area (TPSA) is 68.5 Å². The van der Waals surface area contributed by atoms with Gasteiger partial charge < -0.3 is 14.5 Å². The van der Waals surface area contributed by atoms with Crippen molar-refractivity contribution in [2.24, 2.45) is 0 Å². The van der Waals surface area contributed by atoms with Crippen molar-refractivity contribution < 1.29 is 18.7 Å². The molecule has 0 spiro atoms. The van der Waals surface area contributed by atoms with Crippen molar-refractivity contribution in [1.82, 2.24) is 0 Å². The van der Waals surface area contributed by atoms with E-state index in [9.17, 15) is 9.59 Å². The molecule has 1 heterocycles. The smallest absolute Gasteiger partial charge is 0.341 e. The molecular formula is C15H15NO4. The number of rotatable bonds is 4. The molecule has 0 aliphatic heterocycles. The minimum Gasteiger partial charge on any atom is -0.472 e. The Hall–Kier alpha value is -2.56. The highest BCUT2D eigenvalue weighted by atomic mass is 16.5. The van der Waals surface area contributed by atoms with Gasteiger partial charge in [-0.25, -0.2) is 4.79 Å². The zero-order valence-corrected chi connectivity index (χ0v) is 11.3. The number of hydrogen-bond donors (Lipinski definition) is 1. The van der Waals surface area contributed by atoms with Crippen LogP contribution in [0.3, 0.4) is 0 Å². The molecule has 2 aromatic rings. The highest BCUT2D eigenvalue weighted by Crippen LogP contribution is 2.17. The fraction of sp³-hybridized carbons (Fsp3) is 0.200. The zero-order chi connectivity index (χ0) is 14.5. The minimum atomic E-state index is -0.588. The summed E-state index contributed by atoms with van der Waals surface area (Å²) in [7, 11) is 0. The lowest BCUT2D eigenvalue weighted by molar-refractivity contribution is -0.119. The summed E-state index contributed by atoms with van der Waals surface area (Å²) in [5, 5.41) is 2.71. The summed E-state index contributed by atoms with van der Waals surface area (Å²) in [4.78, 5) is 23.3. The van der Waals surface area contributed by atoms with Crippen LogP contribution in [-0.2, 0) is 9.53 Å². The number of anilines is 1. The third-order valence-electron chi connectivity index (χ3n) is 2.97. The lowest BCUT2D eigenvalue weighted by Gasteiger charge is -2.10. The molecule has 0 bridgehead atoms. The van der Waals surface area contributed by atoms with Gasteiger partial charge in [-0.1, -0.05) is 12.1 Å². The number of esters is 1. The fourth-order valence-corrected chi connectivity index (χ4v) is 1.67. The van der Waals surface area contributed by atoms with Crippen molar-refractivity contribution in [2.45, 2.75) is 13.8 Å². The van der Waals surface area contributed by atoms with Crippen LogP contribution in [0.4, 0.5) is 5.69 Å². The largest absolute Gasteiger partial charge is 0.472 e. The molecule has 104 valence electrons. The molecule has 0 fully saturated rings. The molecule has 0 saturated carbocycles. The molecule has 5 nitrogen and oxygen atoms in total. The summed E-state index contributed by atoms with van der Waals surface area (Å²) in [6, 6.07) is 7.10. The zero-order valence-electron chi connectivity index (χ0n) is 11.3. The Morgan fingerprint density at radius 2 is 2.05 bits per heavy atom. The third kappa shape index (κ3) is 3.26. The Morgan fingerprint density at radius 1 is 1.25 bits per heavy atom. The van der Waals surface area contributed by atoms with E-state index in [0.29, 0.717) is 0 Å². The summed E-state index contributed by atoms with van der Waals surface area (Å²) in [5.74, 6) is -0.967. The number of aryl methyl sites for hydroxylation is 1. The van der Waals surface area contributed by atoms with Gasteiger partial charge in [-0.2, -0.15) is 0 Å². The number of furan rings is 1. The lowest BCUT2D eigenvalue weighted by Crippen LogP contribution is -2.21. The van der Waals surface area contributed by atoms with Gasteiger partial charge >= 0.3 is 5.97 Å². The summed E-state index contributed by atoms with van der Waals surface area (Å²) in [6.07, 6.45) is 2.64. The van der Waals surface area contributed by atoms with Crippen LogP contribution in [0.15, 0.2) is 41.2 Å². The molecule has 0 aliphatic rings. The maximum Gasteiger partial charge on any atom is 0.341 e. The average molecular weight is 273 g/mol. The average Bonchev–Trinajstić information content (AvgIpc) is 2.95. The molecule has 1 amide bonds. The molecule has 1 aromatic carbocycles. The van der Waals surface area contributed by atoms with Gasteiger partial charge in [0.05, 0.1) is 11.8 Å². The van der Waals surface area contributed by atoms with Crippen LogP contribution in [0.25, 0.3) is 0 Å². The van der Waals surface area contributed by atoms with Crippen molar-refractivity contribution in [1.29, 1.82) is 0 Å². The first-order valence-electron chi connectivity index (χ1n) is 6.13. The Kier molecular flexibility index (Phi) is 4.20. The van der Waals surface area contributed by atoms with Crippen molar-refractivity contribution in [2.75, 3.05) is 11.9 Å². The van der Waals surface area contributed by atoms with Gasteiger partial charge in [0.1, 0.15) is 6.26 Å². The maximum atomic E-state index is 11.7. The Bertz CT molecular complexity index is 617. The lowest BCUT2D eigenvalue weighted by atomic mass is 10.1. The first-order chi connectivity index (χ1) is 9.58. The molecule has 2 rings (SSSR count). The maximum absolute atomic E-state index is 11.7. The number of carbonyl (C=O) groups is 2. The van der Waals surface area contributed by atoms with Gasteiger partial charge in [0.15, 0.2) is 6.61 Å². The van der Waals surface area contributed by atoms with E-state index in [4.69, 9.17) is 9.15 Å². The predicted molar refractivity (Wildman–Crippen MR) is 73.5 cm³/mol. The van der Waals surface area contributed by atoms with Crippen LogP contribution < -0.4 is 5.32 Å². The quantitative estimate of drug-likeness (QED) is 0.870. The van der Waals surface area contributed by atoms with Crippen molar-refractivity contribution in [3.63, 3.8) is 0 Å². The summed E-state index contributed by atoms with van der Waals surface area (Å²) >= 11 is 0. The second-order valence-electron chi connectivity index (χ2n) is 4.38. The molecule has 1 aromatic heterocycles. The summed E-state index contributed by atoms with van der Waals surface area (Å²) in [6.45, 7) is 3.55. The fourth-order valence-electron chi connectivity index (χ4n) is 1.67. The SMILES string of the molecule is Cc1cccc(NC(=O)COC(=O)c2ccoc2)c1C. The number of nitrogens with one attached hydrogen (secondary N) is 1. The summed E-state index contributed by atoms with van der Waals surface area (Å²) < 4.78 is 9.65. The molecule has 0 atom stereocenters.